The first-order valence-corrected chi connectivity index (χ1v) is 5.70. The summed E-state index contributed by atoms with van der Waals surface area (Å²) in [5.74, 6) is -0.102. The Bertz CT molecular complexity index is 505. The molecule has 0 atom stereocenters. The molecule has 0 fully saturated rings. The molecule has 18 heavy (non-hydrogen) atoms. The minimum Gasteiger partial charge on any atom is -0.491 e. The summed E-state index contributed by atoms with van der Waals surface area (Å²) < 4.78 is 18.7. The van der Waals surface area contributed by atoms with Crippen LogP contribution < -0.4 is 10.1 Å². The van der Waals surface area contributed by atoms with E-state index < -0.39 is 0 Å². The number of halogens is 1. The topological polar surface area (TPSA) is 47.0 Å². The second-order valence-corrected chi connectivity index (χ2v) is 3.63. The van der Waals surface area contributed by atoms with Crippen molar-refractivity contribution in [1.82, 2.24) is 9.97 Å². The van der Waals surface area contributed by atoms with Gasteiger partial charge in [-0.3, -0.25) is 0 Å². The molecule has 0 aliphatic rings. The summed E-state index contributed by atoms with van der Waals surface area (Å²) in [6.07, 6.45) is 3.15. The standard InChI is InChI=1S/C13H14FN3O/c1-2-18-13-4-3-10(7-12(13)14)16-8-11-5-6-15-9-17-11/h3-7,9,16H,2,8H2,1H3. The number of anilines is 1. The van der Waals surface area contributed by atoms with Gasteiger partial charge in [0.05, 0.1) is 18.8 Å². The van der Waals surface area contributed by atoms with Gasteiger partial charge in [-0.2, -0.15) is 0 Å². The highest BCUT2D eigenvalue weighted by Crippen LogP contribution is 2.21. The minimum absolute atomic E-state index is 0.269. The van der Waals surface area contributed by atoms with Crippen LogP contribution >= 0.6 is 0 Å². The number of hydrogen-bond acceptors (Lipinski definition) is 4. The summed E-state index contributed by atoms with van der Waals surface area (Å²) in [7, 11) is 0. The van der Waals surface area contributed by atoms with Crippen LogP contribution in [0, 0.1) is 5.82 Å². The highest BCUT2D eigenvalue weighted by atomic mass is 19.1. The molecular weight excluding hydrogens is 233 g/mol. The van der Waals surface area contributed by atoms with Gasteiger partial charge in [-0.25, -0.2) is 14.4 Å². The van der Waals surface area contributed by atoms with Gasteiger partial charge in [0.1, 0.15) is 6.33 Å². The van der Waals surface area contributed by atoms with E-state index in [1.807, 2.05) is 6.92 Å². The predicted octanol–water partition coefficient (Wildman–Crippen LogP) is 2.63. The third-order valence-corrected chi connectivity index (χ3v) is 2.35. The molecule has 1 N–H and O–H groups in total. The first-order chi connectivity index (χ1) is 8.79. The number of aromatic nitrogens is 2. The zero-order valence-corrected chi connectivity index (χ0v) is 10.1. The van der Waals surface area contributed by atoms with Crippen LogP contribution in [0.15, 0.2) is 36.8 Å². The SMILES string of the molecule is CCOc1ccc(NCc2ccncn2)cc1F. The molecule has 1 aromatic heterocycles. The van der Waals surface area contributed by atoms with Crippen LogP contribution in [0.2, 0.25) is 0 Å². The Balaban J connectivity index is 2.00. The minimum atomic E-state index is -0.371. The highest BCUT2D eigenvalue weighted by Gasteiger charge is 2.04. The average molecular weight is 247 g/mol. The van der Waals surface area contributed by atoms with E-state index in [9.17, 15) is 4.39 Å². The normalized spacial score (nSPS) is 10.1. The molecule has 0 bridgehead atoms. The quantitative estimate of drug-likeness (QED) is 0.882. The maximum Gasteiger partial charge on any atom is 0.167 e. The Hall–Kier alpha value is -2.17. The molecule has 0 unspecified atom stereocenters. The molecule has 2 aromatic rings. The summed E-state index contributed by atoms with van der Waals surface area (Å²) in [6.45, 7) is 2.79. The molecule has 0 radical (unpaired) electrons. The Morgan fingerprint density at radius 1 is 1.33 bits per heavy atom. The van der Waals surface area contributed by atoms with Gasteiger partial charge >= 0.3 is 0 Å². The Labute approximate surface area is 105 Å². The molecule has 5 heteroatoms. The predicted molar refractivity (Wildman–Crippen MR) is 66.9 cm³/mol. The number of benzene rings is 1. The van der Waals surface area contributed by atoms with Crippen molar-refractivity contribution < 1.29 is 9.13 Å². The fourth-order valence-corrected chi connectivity index (χ4v) is 1.50. The van der Waals surface area contributed by atoms with Crippen molar-refractivity contribution in [2.24, 2.45) is 0 Å². The van der Waals surface area contributed by atoms with Gasteiger partial charge < -0.3 is 10.1 Å². The molecule has 0 saturated carbocycles. The maximum absolute atomic E-state index is 13.6. The van der Waals surface area contributed by atoms with Crippen LogP contribution in [0.5, 0.6) is 5.75 Å². The van der Waals surface area contributed by atoms with E-state index in [2.05, 4.69) is 15.3 Å². The van der Waals surface area contributed by atoms with E-state index in [1.54, 1.807) is 24.4 Å². The van der Waals surface area contributed by atoms with Crippen molar-refractivity contribution in [3.05, 3.63) is 48.3 Å². The second kappa shape index (κ2) is 5.95. The van der Waals surface area contributed by atoms with E-state index in [1.165, 1.54) is 12.4 Å². The fourth-order valence-electron chi connectivity index (χ4n) is 1.50. The van der Waals surface area contributed by atoms with E-state index in [0.717, 1.165) is 5.69 Å². The number of nitrogens with one attached hydrogen (secondary N) is 1. The lowest BCUT2D eigenvalue weighted by Gasteiger charge is -2.08. The van der Waals surface area contributed by atoms with Gasteiger partial charge in [0.25, 0.3) is 0 Å². The van der Waals surface area contributed by atoms with Gasteiger partial charge in [-0.05, 0) is 25.1 Å². The second-order valence-electron chi connectivity index (χ2n) is 3.63. The van der Waals surface area contributed by atoms with Crippen LogP contribution in [-0.4, -0.2) is 16.6 Å². The summed E-state index contributed by atoms with van der Waals surface area (Å²) >= 11 is 0. The molecule has 94 valence electrons. The Morgan fingerprint density at radius 3 is 2.89 bits per heavy atom. The van der Waals surface area contributed by atoms with E-state index in [-0.39, 0.29) is 11.6 Å². The zero-order valence-electron chi connectivity index (χ0n) is 10.1. The lowest BCUT2D eigenvalue weighted by molar-refractivity contribution is 0.321. The lowest BCUT2D eigenvalue weighted by atomic mass is 10.2. The highest BCUT2D eigenvalue weighted by molar-refractivity contribution is 5.47. The summed E-state index contributed by atoms with van der Waals surface area (Å²) in [5, 5.41) is 3.09. The molecule has 4 nitrogen and oxygen atoms in total. The van der Waals surface area contributed by atoms with Crippen LogP contribution in [0.25, 0.3) is 0 Å². The van der Waals surface area contributed by atoms with Crippen molar-refractivity contribution >= 4 is 5.69 Å². The summed E-state index contributed by atoms with van der Waals surface area (Å²) in [4.78, 5) is 7.90. The van der Waals surface area contributed by atoms with Gasteiger partial charge in [-0.15, -0.1) is 0 Å². The molecule has 0 spiro atoms. The van der Waals surface area contributed by atoms with Crippen molar-refractivity contribution in [3.8, 4) is 5.75 Å². The lowest BCUT2D eigenvalue weighted by Crippen LogP contribution is -2.02. The third-order valence-electron chi connectivity index (χ3n) is 2.35. The number of ether oxygens (including phenoxy) is 1. The van der Waals surface area contributed by atoms with Gasteiger partial charge in [-0.1, -0.05) is 0 Å². The maximum atomic E-state index is 13.6. The van der Waals surface area contributed by atoms with E-state index in [0.29, 0.717) is 18.8 Å². The Morgan fingerprint density at radius 2 is 2.22 bits per heavy atom. The molecule has 2 rings (SSSR count). The van der Waals surface area contributed by atoms with E-state index in [4.69, 9.17) is 4.74 Å². The zero-order chi connectivity index (χ0) is 12.8. The molecule has 0 saturated heterocycles. The van der Waals surface area contributed by atoms with Crippen molar-refractivity contribution in [2.75, 3.05) is 11.9 Å². The molecule has 0 amide bonds. The van der Waals surface area contributed by atoms with Gasteiger partial charge in [0.15, 0.2) is 11.6 Å². The molecule has 0 aliphatic heterocycles. The van der Waals surface area contributed by atoms with Crippen molar-refractivity contribution in [1.29, 1.82) is 0 Å². The van der Waals surface area contributed by atoms with Crippen LogP contribution in [0.3, 0.4) is 0 Å². The molecule has 1 heterocycles. The number of hydrogen-bond donors (Lipinski definition) is 1. The van der Waals surface area contributed by atoms with Crippen molar-refractivity contribution in [3.63, 3.8) is 0 Å². The van der Waals surface area contributed by atoms with Crippen LogP contribution in [0.4, 0.5) is 10.1 Å². The molecular formula is C13H14FN3O. The number of rotatable bonds is 5. The van der Waals surface area contributed by atoms with Gasteiger partial charge in [0.2, 0.25) is 0 Å². The summed E-state index contributed by atoms with van der Waals surface area (Å²) in [5.41, 5.74) is 1.54. The Kier molecular flexibility index (Phi) is 4.06. The first-order valence-electron chi connectivity index (χ1n) is 5.70. The fraction of sp³-hybridized carbons (Fsp3) is 0.231. The molecule has 0 aliphatic carbocycles. The third kappa shape index (κ3) is 3.16. The smallest absolute Gasteiger partial charge is 0.167 e. The molecule has 1 aromatic carbocycles. The summed E-state index contributed by atoms with van der Waals surface area (Å²) in [6, 6.07) is 6.60. The van der Waals surface area contributed by atoms with Gasteiger partial charge in [0, 0.05) is 18.0 Å². The number of nitrogens with zero attached hydrogens (tertiary/aromatic N) is 2. The van der Waals surface area contributed by atoms with E-state index >= 15 is 0 Å². The first kappa shape index (κ1) is 12.3. The monoisotopic (exact) mass is 247 g/mol. The van der Waals surface area contributed by atoms with Crippen LogP contribution in [0.1, 0.15) is 12.6 Å². The van der Waals surface area contributed by atoms with Crippen LogP contribution in [-0.2, 0) is 6.54 Å². The average Bonchev–Trinajstić information content (AvgIpc) is 2.41. The van der Waals surface area contributed by atoms with Crippen molar-refractivity contribution in [2.45, 2.75) is 13.5 Å². The largest absolute Gasteiger partial charge is 0.491 e.